The molecular formula is C25H20Cl2N2O7. The van der Waals surface area contributed by atoms with Crippen molar-refractivity contribution >= 4 is 47.2 Å². The van der Waals surface area contributed by atoms with Crippen LogP contribution >= 0.6 is 23.2 Å². The Balaban J connectivity index is 1.50. The van der Waals surface area contributed by atoms with Crippen molar-refractivity contribution < 1.29 is 33.4 Å². The number of nitrogens with zero attached hydrogens (tertiary/aromatic N) is 1. The molecule has 1 fully saturated rings. The third-order valence-electron chi connectivity index (χ3n) is 5.13. The number of halogens is 2. The second kappa shape index (κ2) is 10.8. The average molecular weight is 531 g/mol. The van der Waals surface area contributed by atoms with E-state index in [4.69, 9.17) is 42.2 Å². The Bertz CT molecular complexity index is 1370. The van der Waals surface area contributed by atoms with Crippen molar-refractivity contribution in [3.05, 3.63) is 86.9 Å². The molecule has 0 bridgehead atoms. The lowest BCUT2D eigenvalue weighted by molar-refractivity contribution is -0.123. The molecular weight excluding hydrogens is 511 g/mol. The molecule has 0 radical (unpaired) electrons. The Morgan fingerprint density at radius 3 is 2.58 bits per heavy atom. The summed E-state index contributed by atoms with van der Waals surface area (Å²) in [6.45, 7) is 2.14. The van der Waals surface area contributed by atoms with E-state index in [9.17, 15) is 14.4 Å². The van der Waals surface area contributed by atoms with E-state index < -0.39 is 17.9 Å². The van der Waals surface area contributed by atoms with Gasteiger partial charge in [-0.1, -0.05) is 35.3 Å². The summed E-state index contributed by atoms with van der Waals surface area (Å²) in [5.74, 6) is -0.725. The first-order chi connectivity index (χ1) is 17.2. The van der Waals surface area contributed by atoms with Crippen LogP contribution in [0.15, 0.2) is 58.6 Å². The average Bonchev–Trinajstić information content (AvgIpc) is 3.41. The maximum Gasteiger partial charge on any atom is 0.371 e. The summed E-state index contributed by atoms with van der Waals surface area (Å²) in [6.07, 6.45) is 1.53. The van der Waals surface area contributed by atoms with Gasteiger partial charge in [0.15, 0.2) is 11.5 Å². The zero-order valence-corrected chi connectivity index (χ0v) is 20.4. The number of amides is 3. The summed E-state index contributed by atoms with van der Waals surface area (Å²) in [4.78, 5) is 37.4. The van der Waals surface area contributed by atoms with Gasteiger partial charge in [-0.25, -0.2) is 9.59 Å². The van der Waals surface area contributed by atoms with Crippen LogP contribution in [0, 0.1) is 0 Å². The van der Waals surface area contributed by atoms with E-state index in [-0.39, 0.29) is 24.6 Å². The molecule has 0 unspecified atom stereocenters. The maximum atomic E-state index is 12.9. The lowest BCUT2D eigenvalue weighted by atomic mass is 10.1. The van der Waals surface area contributed by atoms with Gasteiger partial charge in [0, 0.05) is 10.0 Å². The molecule has 36 heavy (non-hydrogen) atoms. The van der Waals surface area contributed by atoms with Crippen LogP contribution in [0.1, 0.15) is 34.4 Å². The minimum Gasteiger partial charge on any atom is -0.490 e. The second-order valence-corrected chi connectivity index (χ2v) is 8.46. The Kier molecular flexibility index (Phi) is 7.52. The highest BCUT2D eigenvalue weighted by atomic mass is 35.5. The van der Waals surface area contributed by atoms with E-state index in [0.29, 0.717) is 45.0 Å². The molecule has 0 saturated carbocycles. The second-order valence-electron chi connectivity index (χ2n) is 7.61. The summed E-state index contributed by atoms with van der Waals surface area (Å²) < 4.78 is 16.6. The summed E-state index contributed by atoms with van der Waals surface area (Å²) in [6, 6.07) is 12.1. The molecule has 1 aliphatic heterocycles. The number of aromatic carboxylic acids is 1. The van der Waals surface area contributed by atoms with Crippen molar-refractivity contribution in [3.63, 3.8) is 0 Å². The number of ether oxygens (including phenoxy) is 2. The first-order valence-corrected chi connectivity index (χ1v) is 11.5. The predicted molar refractivity (Wildman–Crippen MR) is 131 cm³/mol. The van der Waals surface area contributed by atoms with Crippen molar-refractivity contribution in [1.82, 2.24) is 10.2 Å². The molecule has 2 heterocycles. The standard InChI is InChI=1S/C25H20Cl2N2O7/c1-2-34-22-10-14(3-7-20(22)35-13-17-6-8-21(36-17)24(31)32)9-19-23(30)29(25(33)28-19)12-15-4-5-16(26)11-18(15)27/h3-11H,2,12-13H2,1H3,(H,28,33)(H,31,32). The molecule has 1 aromatic heterocycles. The van der Waals surface area contributed by atoms with Crippen molar-refractivity contribution in [3.8, 4) is 11.5 Å². The molecule has 3 aromatic rings. The maximum absolute atomic E-state index is 12.9. The van der Waals surface area contributed by atoms with Gasteiger partial charge in [-0.15, -0.1) is 0 Å². The normalized spacial score (nSPS) is 14.3. The topological polar surface area (TPSA) is 118 Å². The summed E-state index contributed by atoms with van der Waals surface area (Å²) in [5.41, 5.74) is 1.27. The molecule has 0 atom stereocenters. The Hall–Kier alpha value is -3.95. The van der Waals surface area contributed by atoms with Gasteiger partial charge in [0.1, 0.15) is 18.1 Å². The van der Waals surface area contributed by atoms with E-state index in [0.717, 1.165) is 4.90 Å². The number of carbonyl (C=O) groups excluding carboxylic acids is 2. The van der Waals surface area contributed by atoms with Crippen molar-refractivity contribution in [2.45, 2.75) is 20.1 Å². The van der Waals surface area contributed by atoms with E-state index in [1.807, 2.05) is 0 Å². The van der Waals surface area contributed by atoms with Gasteiger partial charge in [-0.2, -0.15) is 0 Å². The number of hydrogen-bond acceptors (Lipinski definition) is 6. The van der Waals surface area contributed by atoms with Gasteiger partial charge in [-0.3, -0.25) is 9.69 Å². The quantitative estimate of drug-likeness (QED) is 0.282. The van der Waals surface area contributed by atoms with Crippen LogP contribution in [0.2, 0.25) is 10.0 Å². The predicted octanol–water partition coefficient (Wildman–Crippen LogP) is 5.36. The highest BCUT2D eigenvalue weighted by molar-refractivity contribution is 6.35. The van der Waals surface area contributed by atoms with Crippen LogP contribution in [0.5, 0.6) is 11.5 Å². The van der Waals surface area contributed by atoms with Crippen LogP contribution in [0.25, 0.3) is 6.08 Å². The number of nitrogens with one attached hydrogen (secondary N) is 1. The molecule has 2 aromatic carbocycles. The van der Waals surface area contributed by atoms with Crippen LogP contribution < -0.4 is 14.8 Å². The fraction of sp³-hybridized carbons (Fsp3) is 0.160. The Morgan fingerprint density at radius 1 is 1.08 bits per heavy atom. The number of benzene rings is 2. The minimum atomic E-state index is -1.17. The van der Waals surface area contributed by atoms with E-state index >= 15 is 0 Å². The molecule has 2 N–H and O–H groups in total. The Labute approximate surface area is 215 Å². The number of carboxylic acid groups (broad SMARTS) is 1. The largest absolute Gasteiger partial charge is 0.490 e. The van der Waals surface area contributed by atoms with E-state index in [2.05, 4.69) is 5.32 Å². The molecule has 9 nitrogen and oxygen atoms in total. The van der Waals surface area contributed by atoms with Crippen LogP contribution in [-0.2, 0) is 17.9 Å². The van der Waals surface area contributed by atoms with Gasteiger partial charge in [0.25, 0.3) is 5.91 Å². The fourth-order valence-corrected chi connectivity index (χ4v) is 3.89. The van der Waals surface area contributed by atoms with Crippen molar-refractivity contribution in [2.24, 2.45) is 0 Å². The third-order valence-corrected chi connectivity index (χ3v) is 5.71. The molecule has 1 saturated heterocycles. The highest BCUT2D eigenvalue weighted by Crippen LogP contribution is 2.31. The number of carbonyl (C=O) groups is 3. The molecule has 3 amide bonds. The summed E-state index contributed by atoms with van der Waals surface area (Å²) in [5, 5.41) is 12.3. The van der Waals surface area contributed by atoms with Gasteiger partial charge >= 0.3 is 12.0 Å². The van der Waals surface area contributed by atoms with E-state index in [1.54, 1.807) is 43.3 Å². The molecule has 186 valence electrons. The van der Waals surface area contributed by atoms with Gasteiger partial charge in [0.05, 0.1) is 13.2 Å². The van der Waals surface area contributed by atoms with Gasteiger partial charge in [0.2, 0.25) is 5.76 Å². The Morgan fingerprint density at radius 2 is 1.89 bits per heavy atom. The zero-order valence-electron chi connectivity index (χ0n) is 18.9. The third kappa shape index (κ3) is 5.64. The number of imide groups is 1. The number of urea groups is 1. The van der Waals surface area contributed by atoms with Crippen LogP contribution in [0.3, 0.4) is 0 Å². The van der Waals surface area contributed by atoms with Gasteiger partial charge < -0.3 is 24.3 Å². The highest BCUT2D eigenvalue weighted by Gasteiger charge is 2.34. The van der Waals surface area contributed by atoms with Gasteiger partial charge in [-0.05, 0) is 60.5 Å². The van der Waals surface area contributed by atoms with Crippen LogP contribution in [-0.4, -0.2) is 34.5 Å². The smallest absolute Gasteiger partial charge is 0.371 e. The fourth-order valence-electron chi connectivity index (χ4n) is 3.42. The first kappa shape index (κ1) is 25.2. The lowest BCUT2D eigenvalue weighted by Gasteiger charge is -2.13. The van der Waals surface area contributed by atoms with Crippen LogP contribution in [0.4, 0.5) is 4.79 Å². The number of hydrogen-bond donors (Lipinski definition) is 2. The SMILES string of the molecule is CCOc1cc(C=C2NC(=O)N(Cc3ccc(Cl)cc3Cl)C2=O)ccc1OCc1ccc(C(=O)O)o1. The molecule has 1 aliphatic rings. The lowest BCUT2D eigenvalue weighted by Crippen LogP contribution is -2.30. The number of rotatable bonds is 9. The first-order valence-electron chi connectivity index (χ1n) is 10.7. The zero-order chi connectivity index (χ0) is 25.8. The van der Waals surface area contributed by atoms with Crippen molar-refractivity contribution in [1.29, 1.82) is 0 Å². The number of carboxylic acids is 1. The monoisotopic (exact) mass is 530 g/mol. The molecule has 0 aliphatic carbocycles. The minimum absolute atomic E-state index is 0.00858. The molecule has 4 rings (SSSR count). The van der Waals surface area contributed by atoms with E-state index in [1.165, 1.54) is 18.2 Å². The van der Waals surface area contributed by atoms with Crippen molar-refractivity contribution in [2.75, 3.05) is 6.61 Å². The summed E-state index contributed by atoms with van der Waals surface area (Å²) in [7, 11) is 0. The summed E-state index contributed by atoms with van der Waals surface area (Å²) >= 11 is 12.1. The molecule has 0 spiro atoms. The number of furan rings is 1. The molecule has 11 heteroatoms.